The molecule has 0 unspecified atom stereocenters. The van der Waals surface area contributed by atoms with Crippen molar-refractivity contribution >= 4 is 10.9 Å². The molecular weight excluding hydrogens is 579 g/mol. The first-order chi connectivity index (χ1) is 23.8. The number of benzene rings is 7. The minimum Gasteiger partial charge on any atom is -0.248 e. The summed E-state index contributed by atoms with van der Waals surface area (Å²) >= 11 is 0. The summed E-state index contributed by atoms with van der Waals surface area (Å²) in [5.74, 6) is 0. The molecular formula is C47H29N. The zero-order valence-electron chi connectivity index (χ0n) is 26.2. The van der Waals surface area contributed by atoms with Gasteiger partial charge in [0.05, 0.1) is 22.0 Å². The summed E-state index contributed by atoms with van der Waals surface area (Å²) in [7, 11) is 0. The summed E-state index contributed by atoms with van der Waals surface area (Å²) in [6.45, 7) is 0. The van der Waals surface area contributed by atoms with Gasteiger partial charge in [-0.2, -0.15) is 0 Å². The Morgan fingerprint density at radius 2 is 0.729 bits per heavy atom. The van der Waals surface area contributed by atoms with Crippen molar-refractivity contribution in [2.75, 3.05) is 0 Å². The largest absolute Gasteiger partial charge is 0.248 e. The fraction of sp³-hybridized carbons (Fsp3) is 0.0426. The molecule has 0 bridgehead atoms. The molecule has 7 aromatic carbocycles. The van der Waals surface area contributed by atoms with E-state index in [1.54, 1.807) is 0 Å². The van der Waals surface area contributed by atoms with E-state index in [0.29, 0.717) is 0 Å². The number of nitrogens with zero attached hydrogens (tertiary/aromatic N) is 1. The standard InChI is InChI=1S/C47H29N/c1-12-24-44-30(13-1)26-28-45(48-44)31-25-27-42-43(29-31)47(38-20-8-4-16-34(38)35-17-5-9-21-39(35)47)41-23-11-10-22-40(41)46(42)36-18-6-2-14-32(36)33-15-3-7-19-37(33)46/h1-29H. The molecule has 0 N–H and O–H groups in total. The average molecular weight is 608 g/mol. The number of rotatable bonds is 1. The molecule has 222 valence electrons. The normalized spacial score (nSPS) is 15.0. The third-order valence-corrected chi connectivity index (χ3v) is 11.4. The molecule has 0 radical (unpaired) electrons. The lowest BCUT2D eigenvalue weighted by atomic mass is 9.52. The third kappa shape index (κ3) is 3.01. The SMILES string of the molecule is c1ccc2c(c1)-c1ccccc1C21c2ccccc2C2(c3ccccc3-c3ccccc32)c2cc(-c3ccc4ccccc4n3)ccc21. The fourth-order valence-corrected chi connectivity index (χ4v) is 9.63. The highest BCUT2D eigenvalue weighted by Gasteiger charge is 2.58. The number of pyridine rings is 1. The van der Waals surface area contributed by atoms with Crippen LogP contribution in [-0.4, -0.2) is 4.98 Å². The van der Waals surface area contributed by atoms with Gasteiger partial charge in [-0.3, -0.25) is 0 Å². The molecule has 1 heteroatoms. The molecule has 3 aliphatic rings. The second-order valence-electron chi connectivity index (χ2n) is 13.4. The van der Waals surface area contributed by atoms with Crippen LogP contribution in [0.25, 0.3) is 44.4 Å². The van der Waals surface area contributed by atoms with Crippen molar-refractivity contribution in [3.05, 3.63) is 220 Å². The highest BCUT2D eigenvalue weighted by Crippen LogP contribution is 2.67. The first-order valence-electron chi connectivity index (χ1n) is 16.8. The summed E-state index contributed by atoms with van der Waals surface area (Å²) < 4.78 is 0. The molecule has 0 atom stereocenters. The van der Waals surface area contributed by atoms with E-state index in [2.05, 4.69) is 176 Å². The zero-order chi connectivity index (χ0) is 31.5. The second kappa shape index (κ2) is 9.27. The lowest BCUT2D eigenvalue weighted by Crippen LogP contribution is -2.43. The van der Waals surface area contributed by atoms with Gasteiger partial charge < -0.3 is 0 Å². The summed E-state index contributed by atoms with van der Waals surface area (Å²) in [5.41, 5.74) is 18.2. The van der Waals surface area contributed by atoms with Crippen LogP contribution in [0.2, 0.25) is 0 Å². The predicted octanol–water partition coefficient (Wildman–Crippen LogP) is 10.9. The van der Waals surface area contributed by atoms with Gasteiger partial charge in [0.1, 0.15) is 0 Å². The van der Waals surface area contributed by atoms with Crippen molar-refractivity contribution in [1.29, 1.82) is 0 Å². The van der Waals surface area contributed by atoms with Gasteiger partial charge in [-0.15, -0.1) is 0 Å². The van der Waals surface area contributed by atoms with E-state index in [0.717, 1.165) is 22.2 Å². The van der Waals surface area contributed by atoms with Crippen molar-refractivity contribution in [2.45, 2.75) is 10.8 Å². The van der Waals surface area contributed by atoms with Gasteiger partial charge in [-0.1, -0.05) is 158 Å². The Morgan fingerprint density at radius 3 is 1.27 bits per heavy atom. The van der Waals surface area contributed by atoms with Crippen molar-refractivity contribution < 1.29 is 0 Å². The minimum atomic E-state index is -0.496. The highest BCUT2D eigenvalue weighted by molar-refractivity contribution is 5.94. The van der Waals surface area contributed by atoms with Crippen molar-refractivity contribution in [2.24, 2.45) is 0 Å². The lowest BCUT2D eigenvalue weighted by molar-refractivity contribution is 0.633. The molecule has 1 aromatic heterocycles. The topological polar surface area (TPSA) is 12.9 Å². The quantitative estimate of drug-likeness (QED) is 0.181. The van der Waals surface area contributed by atoms with Crippen molar-refractivity contribution in [3.8, 4) is 33.5 Å². The number of fused-ring (bicyclic) bond motifs is 17. The Balaban J connectivity index is 1.34. The van der Waals surface area contributed by atoms with E-state index in [9.17, 15) is 0 Å². The Labute approximate surface area is 279 Å². The summed E-state index contributed by atoms with van der Waals surface area (Å²) in [5, 5.41) is 1.15. The van der Waals surface area contributed by atoms with Crippen LogP contribution >= 0.6 is 0 Å². The Morgan fingerprint density at radius 1 is 0.312 bits per heavy atom. The van der Waals surface area contributed by atoms with Crippen LogP contribution in [0.3, 0.4) is 0 Å². The van der Waals surface area contributed by atoms with Crippen molar-refractivity contribution in [1.82, 2.24) is 4.98 Å². The first kappa shape index (κ1) is 26.1. The number of hydrogen-bond donors (Lipinski definition) is 0. The second-order valence-corrected chi connectivity index (χ2v) is 13.4. The molecule has 1 heterocycles. The Hall–Kier alpha value is -6.05. The zero-order valence-corrected chi connectivity index (χ0v) is 26.2. The van der Waals surface area contributed by atoms with Crippen LogP contribution in [0.15, 0.2) is 176 Å². The monoisotopic (exact) mass is 607 g/mol. The maximum absolute atomic E-state index is 5.20. The molecule has 0 amide bonds. The van der Waals surface area contributed by atoms with Crippen LogP contribution in [0.1, 0.15) is 44.5 Å². The predicted molar refractivity (Wildman–Crippen MR) is 195 cm³/mol. The molecule has 0 fully saturated rings. The van der Waals surface area contributed by atoms with Gasteiger partial charge in [0.25, 0.3) is 0 Å². The van der Waals surface area contributed by atoms with E-state index in [1.165, 1.54) is 66.8 Å². The summed E-state index contributed by atoms with van der Waals surface area (Å²) in [4.78, 5) is 5.20. The van der Waals surface area contributed by atoms with E-state index in [1.807, 2.05) is 0 Å². The van der Waals surface area contributed by atoms with Crippen LogP contribution in [0.5, 0.6) is 0 Å². The fourth-order valence-electron chi connectivity index (χ4n) is 9.63. The van der Waals surface area contributed by atoms with E-state index < -0.39 is 10.8 Å². The first-order valence-corrected chi connectivity index (χ1v) is 16.8. The van der Waals surface area contributed by atoms with Gasteiger partial charge in [-0.05, 0) is 85.0 Å². The maximum Gasteiger partial charge on any atom is 0.0720 e. The molecule has 2 spiro atoms. The molecule has 0 saturated carbocycles. The lowest BCUT2D eigenvalue weighted by Gasteiger charge is -2.49. The Bertz CT molecular complexity index is 2550. The minimum absolute atomic E-state index is 0.466. The van der Waals surface area contributed by atoms with Crippen LogP contribution < -0.4 is 0 Å². The van der Waals surface area contributed by atoms with E-state index in [-0.39, 0.29) is 0 Å². The molecule has 11 rings (SSSR count). The van der Waals surface area contributed by atoms with Gasteiger partial charge in [0.15, 0.2) is 0 Å². The Kier molecular flexibility index (Phi) is 5.04. The van der Waals surface area contributed by atoms with Gasteiger partial charge in [0.2, 0.25) is 0 Å². The number of aromatic nitrogens is 1. The van der Waals surface area contributed by atoms with Crippen LogP contribution in [-0.2, 0) is 10.8 Å². The summed E-state index contributed by atoms with van der Waals surface area (Å²) in [6.07, 6.45) is 0. The third-order valence-electron chi connectivity index (χ3n) is 11.4. The van der Waals surface area contributed by atoms with Gasteiger partial charge in [0, 0.05) is 10.9 Å². The highest BCUT2D eigenvalue weighted by atomic mass is 14.7. The van der Waals surface area contributed by atoms with E-state index in [4.69, 9.17) is 4.98 Å². The molecule has 8 aromatic rings. The maximum atomic E-state index is 5.20. The smallest absolute Gasteiger partial charge is 0.0720 e. The van der Waals surface area contributed by atoms with Crippen LogP contribution in [0, 0.1) is 0 Å². The molecule has 48 heavy (non-hydrogen) atoms. The molecule has 1 nitrogen and oxygen atoms in total. The number of hydrogen-bond acceptors (Lipinski definition) is 1. The van der Waals surface area contributed by atoms with E-state index >= 15 is 0 Å². The molecule has 0 saturated heterocycles. The van der Waals surface area contributed by atoms with Gasteiger partial charge >= 0.3 is 0 Å². The summed E-state index contributed by atoms with van der Waals surface area (Å²) in [6, 6.07) is 65.6. The number of para-hydroxylation sites is 1. The van der Waals surface area contributed by atoms with Gasteiger partial charge in [-0.25, -0.2) is 4.98 Å². The average Bonchev–Trinajstić information content (AvgIpc) is 3.63. The van der Waals surface area contributed by atoms with Crippen molar-refractivity contribution in [3.63, 3.8) is 0 Å². The molecule has 0 aliphatic heterocycles. The molecule has 3 aliphatic carbocycles. The van der Waals surface area contributed by atoms with Crippen LogP contribution in [0.4, 0.5) is 0 Å².